The number of β-amino-alcohol motifs (C(OH)–C–C–N with tert-alkyl or cyclic N) is 1. The van der Waals surface area contributed by atoms with Crippen molar-refractivity contribution in [2.75, 3.05) is 39.8 Å². The molecule has 0 amide bonds. The van der Waals surface area contributed by atoms with Gasteiger partial charge in [-0.15, -0.1) is 0 Å². The molecule has 0 unspecified atom stereocenters. The van der Waals surface area contributed by atoms with Crippen molar-refractivity contribution < 1.29 is 9.50 Å². The molecule has 0 spiro atoms. The van der Waals surface area contributed by atoms with Gasteiger partial charge < -0.3 is 14.6 Å². The molecule has 2 aromatic carbocycles. The van der Waals surface area contributed by atoms with Gasteiger partial charge >= 0.3 is 0 Å². The van der Waals surface area contributed by atoms with Crippen LogP contribution in [0.4, 0.5) is 4.39 Å². The molecular weight excluding hydrogens is 341 g/mol. The summed E-state index contributed by atoms with van der Waals surface area (Å²) in [6, 6.07) is 16.6. The highest BCUT2D eigenvalue weighted by Crippen LogP contribution is 2.29. The Morgan fingerprint density at radius 1 is 1.00 bits per heavy atom. The molecule has 0 saturated carbocycles. The molecule has 3 aromatic rings. The highest BCUT2D eigenvalue weighted by atomic mass is 19.1. The highest BCUT2D eigenvalue weighted by Gasteiger charge is 2.27. The lowest BCUT2D eigenvalue weighted by Gasteiger charge is -2.36. The summed E-state index contributed by atoms with van der Waals surface area (Å²) in [5.74, 6) is -0.241. The first-order valence-corrected chi connectivity index (χ1v) is 9.52. The summed E-state index contributed by atoms with van der Waals surface area (Å²) in [5.41, 5.74) is 1.99. The fourth-order valence-corrected chi connectivity index (χ4v) is 3.99. The Labute approximate surface area is 159 Å². The third-order valence-electron chi connectivity index (χ3n) is 5.53. The maximum atomic E-state index is 13.6. The summed E-state index contributed by atoms with van der Waals surface area (Å²) >= 11 is 0. The van der Waals surface area contributed by atoms with Gasteiger partial charge in [0.1, 0.15) is 5.82 Å². The number of rotatable bonds is 5. The Morgan fingerprint density at radius 3 is 2.48 bits per heavy atom. The maximum absolute atomic E-state index is 13.6. The molecule has 1 fully saturated rings. The lowest BCUT2D eigenvalue weighted by Crippen LogP contribution is -2.48. The van der Waals surface area contributed by atoms with E-state index in [1.165, 1.54) is 6.07 Å². The Morgan fingerprint density at radius 2 is 1.74 bits per heavy atom. The number of aromatic nitrogens is 1. The van der Waals surface area contributed by atoms with Gasteiger partial charge in [-0.1, -0.05) is 30.3 Å². The van der Waals surface area contributed by atoms with E-state index < -0.39 is 6.10 Å². The lowest BCUT2D eigenvalue weighted by molar-refractivity contribution is 0.0594. The number of hydrogen-bond donors (Lipinski definition) is 1. The van der Waals surface area contributed by atoms with E-state index in [0.29, 0.717) is 6.54 Å². The van der Waals surface area contributed by atoms with Crippen LogP contribution in [0.3, 0.4) is 0 Å². The molecule has 4 rings (SSSR count). The van der Waals surface area contributed by atoms with Crippen molar-refractivity contribution in [2.24, 2.45) is 0 Å². The van der Waals surface area contributed by atoms with E-state index in [1.807, 2.05) is 42.6 Å². The van der Waals surface area contributed by atoms with Gasteiger partial charge in [0, 0.05) is 49.8 Å². The molecule has 1 aliphatic heterocycles. The van der Waals surface area contributed by atoms with E-state index in [2.05, 4.69) is 21.4 Å². The van der Waals surface area contributed by atoms with Crippen molar-refractivity contribution in [1.82, 2.24) is 14.4 Å². The summed E-state index contributed by atoms with van der Waals surface area (Å²) in [5, 5.41) is 12.1. The predicted octanol–water partition coefficient (Wildman–Crippen LogP) is 2.98. The molecule has 1 saturated heterocycles. The zero-order valence-electron chi connectivity index (χ0n) is 15.6. The molecule has 142 valence electrons. The number of aliphatic hydroxyl groups excluding tert-OH is 1. The number of halogens is 1. The second-order valence-corrected chi connectivity index (χ2v) is 7.45. The van der Waals surface area contributed by atoms with Crippen molar-refractivity contribution in [1.29, 1.82) is 0 Å². The average molecular weight is 367 g/mol. The summed E-state index contributed by atoms with van der Waals surface area (Å²) in [4.78, 5) is 4.64. The minimum atomic E-state index is -0.559. The van der Waals surface area contributed by atoms with E-state index in [-0.39, 0.29) is 11.9 Å². The van der Waals surface area contributed by atoms with Gasteiger partial charge in [-0.2, -0.15) is 0 Å². The largest absolute Gasteiger partial charge is 0.389 e. The van der Waals surface area contributed by atoms with Gasteiger partial charge in [-0.05, 0) is 36.9 Å². The fourth-order valence-electron chi connectivity index (χ4n) is 3.99. The number of benzene rings is 2. The Hall–Kier alpha value is -2.21. The van der Waals surface area contributed by atoms with Crippen molar-refractivity contribution >= 4 is 10.9 Å². The summed E-state index contributed by atoms with van der Waals surface area (Å²) in [6.07, 6.45) is 1.39. The SMILES string of the molecule is CN1CCN(C[C@@H](O)[C@H](c2ccccc2)n2ccc3cc(F)ccc32)CC1. The van der Waals surface area contributed by atoms with E-state index in [4.69, 9.17) is 0 Å². The van der Waals surface area contributed by atoms with Gasteiger partial charge in [0.25, 0.3) is 0 Å². The van der Waals surface area contributed by atoms with Crippen LogP contribution in [-0.2, 0) is 0 Å². The van der Waals surface area contributed by atoms with Crippen LogP contribution in [0.25, 0.3) is 10.9 Å². The zero-order chi connectivity index (χ0) is 18.8. The van der Waals surface area contributed by atoms with E-state index in [0.717, 1.165) is 42.6 Å². The van der Waals surface area contributed by atoms with Crippen molar-refractivity contribution in [3.05, 3.63) is 72.2 Å². The topological polar surface area (TPSA) is 31.6 Å². The summed E-state index contributed by atoms with van der Waals surface area (Å²) in [7, 11) is 2.13. The van der Waals surface area contributed by atoms with E-state index >= 15 is 0 Å². The smallest absolute Gasteiger partial charge is 0.123 e. The normalized spacial score (nSPS) is 18.6. The first-order chi connectivity index (χ1) is 13.1. The van der Waals surface area contributed by atoms with Crippen LogP contribution in [0.2, 0.25) is 0 Å². The van der Waals surface area contributed by atoms with Crippen molar-refractivity contribution in [3.8, 4) is 0 Å². The third kappa shape index (κ3) is 3.90. The fraction of sp³-hybridized carbons (Fsp3) is 0.364. The van der Waals surface area contributed by atoms with Gasteiger partial charge in [0.2, 0.25) is 0 Å². The molecule has 0 radical (unpaired) electrons. The molecule has 0 aliphatic carbocycles. The maximum Gasteiger partial charge on any atom is 0.123 e. The van der Waals surface area contributed by atoms with Gasteiger partial charge in [0.15, 0.2) is 0 Å². The van der Waals surface area contributed by atoms with Gasteiger partial charge in [0.05, 0.1) is 12.1 Å². The molecule has 2 atom stereocenters. The van der Waals surface area contributed by atoms with Crippen molar-refractivity contribution in [3.63, 3.8) is 0 Å². The number of aliphatic hydroxyl groups is 1. The Balaban J connectivity index is 1.66. The Kier molecular flexibility index (Phi) is 5.25. The molecule has 4 nitrogen and oxygen atoms in total. The minimum absolute atomic E-state index is 0.214. The van der Waals surface area contributed by atoms with E-state index in [1.54, 1.807) is 12.1 Å². The second-order valence-electron chi connectivity index (χ2n) is 7.45. The first-order valence-electron chi connectivity index (χ1n) is 9.52. The number of likely N-dealkylation sites (N-methyl/N-ethyl adjacent to an activating group) is 1. The number of fused-ring (bicyclic) bond motifs is 1. The second kappa shape index (κ2) is 7.80. The molecule has 2 heterocycles. The van der Waals surface area contributed by atoms with Crippen LogP contribution < -0.4 is 0 Å². The average Bonchev–Trinajstić information content (AvgIpc) is 3.07. The van der Waals surface area contributed by atoms with Crippen molar-refractivity contribution in [2.45, 2.75) is 12.1 Å². The highest BCUT2D eigenvalue weighted by molar-refractivity contribution is 5.80. The molecule has 1 aliphatic rings. The Bertz CT molecular complexity index is 887. The van der Waals surface area contributed by atoms with Crippen LogP contribution in [0.15, 0.2) is 60.8 Å². The standard InChI is InChI=1S/C22H26FN3O/c1-24-11-13-25(14-12-24)16-21(27)22(17-5-3-2-4-6-17)26-10-9-18-15-19(23)7-8-20(18)26/h2-10,15,21-22,27H,11-14,16H2,1H3/t21-,22+/m1/s1. The van der Waals surface area contributed by atoms with Crippen LogP contribution in [-0.4, -0.2) is 65.3 Å². The number of hydrogen-bond acceptors (Lipinski definition) is 3. The van der Waals surface area contributed by atoms with Crippen LogP contribution in [0.1, 0.15) is 11.6 Å². The zero-order valence-corrected chi connectivity index (χ0v) is 15.6. The summed E-state index contributed by atoms with van der Waals surface area (Å²) in [6.45, 7) is 4.59. The summed E-state index contributed by atoms with van der Waals surface area (Å²) < 4.78 is 15.7. The quantitative estimate of drug-likeness (QED) is 0.752. The monoisotopic (exact) mass is 367 g/mol. The van der Waals surface area contributed by atoms with Gasteiger partial charge in [-0.3, -0.25) is 4.90 Å². The lowest BCUT2D eigenvalue weighted by atomic mass is 10.00. The van der Waals surface area contributed by atoms with Crippen LogP contribution in [0, 0.1) is 5.82 Å². The van der Waals surface area contributed by atoms with E-state index in [9.17, 15) is 9.50 Å². The third-order valence-corrected chi connectivity index (χ3v) is 5.53. The molecule has 1 aromatic heterocycles. The van der Waals surface area contributed by atoms with Crippen LogP contribution >= 0.6 is 0 Å². The molecule has 0 bridgehead atoms. The molecule has 27 heavy (non-hydrogen) atoms. The molecule has 1 N–H and O–H groups in total. The first kappa shape index (κ1) is 18.2. The van der Waals surface area contributed by atoms with Crippen LogP contribution in [0.5, 0.6) is 0 Å². The molecule has 5 heteroatoms. The predicted molar refractivity (Wildman–Crippen MR) is 106 cm³/mol. The number of nitrogens with zero attached hydrogens (tertiary/aromatic N) is 3. The van der Waals surface area contributed by atoms with Gasteiger partial charge in [-0.25, -0.2) is 4.39 Å². The minimum Gasteiger partial charge on any atom is -0.389 e. The molecular formula is C22H26FN3O. The number of piperazine rings is 1.